The van der Waals surface area contributed by atoms with Gasteiger partial charge in [-0.25, -0.2) is 0 Å². The topological polar surface area (TPSA) is 3.24 Å². The van der Waals surface area contributed by atoms with E-state index in [0.29, 0.717) is 5.92 Å². The lowest BCUT2D eigenvalue weighted by Crippen LogP contribution is -2.32. The van der Waals surface area contributed by atoms with E-state index in [1.54, 1.807) is 0 Å². The van der Waals surface area contributed by atoms with Gasteiger partial charge < -0.3 is 4.90 Å². The highest BCUT2D eigenvalue weighted by Crippen LogP contribution is 2.64. The zero-order valence-electron chi connectivity index (χ0n) is 40.8. The average molecular weight is 932 g/mol. The molecule has 0 heterocycles. The highest BCUT2D eigenvalue weighted by molar-refractivity contribution is 6.07. The molecular formula is C72H53N. The molecule has 11 aromatic carbocycles. The Morgan fingerprint density at radius 1 is 0.315 bits per heavy atom. The molecule has 0 amide bonds. The van der Waals surface area contributed by atoms with E-state index in [-0.39, 0.29) is 0 Å². The summed E-state index contributed by atoms with van der Waals surface area (Å²) in [6.45, 7) is 0. The Bertz CT molecular complexity index is 3910. The normalized spacial score (nSPS) is 16.6. The van der Waals surface area contributed by atoms with Crippen LogP contribution in [-0.2, 0) is 10.8 Å². The number of rotatable bonds is 7. The summed E-state index contributed by atoms with van der Waals surface area (Å²) in [6.07, 6.45) is 6.52. The van der Waals surface area contributed by atoms with Crippen LogP contribution in [0.3, 0.4) is 0 Å². The molecule has 346 valence electrons. The Kier molecular flexibility index (Phi) is 9.55. The minimum Gasteiger partial charge on any atom is -0.310 e. The van der Waals surface area contributed by atoms with Crippen molar-refractivity contribution in [3.63, 3.8) is 0 Å². The van der Waals surface area contributed by atoms with Gasteiger partial charge in [0.15, 0.2) is 0 Å². The molecule has 1 nitrogen and oxygen atoms in total. The number of fused-ring (bicyclic) bond motifs is 12. The molecule has 11 aromatic rings. The van der Waals surface area contributed by atoms with Gasteiger partial charge in [-0.3, -0.25) is 0 Å². The van der Waals surface area contributed by atoms with Crippen molar-refractivity contribution in [2.45, 2.75) is 48.9 Å². The molecule has 73 heavy (non-hydrogen) atoms. The molecule has 0 N–H and O–H groups in total. The van der Waals surface area contributed by atoms with Crippen molar-refractivity contribution in [1.29, 1.82) is 0 Å². The number of hydrogen-bond donors (Lipinski definition) is 0. The summed E-state index contributed by atoms with van der Waals surface area (Å²) < 4.78 is 0. The van der Waals surface area contributed by atoms with E-state index in [0.717, 1.165) is 17.1 Å². The Morgan fingerprint density at radius 3 is 1.47 bits per heavy atom. The first kappa shape index (κ1) is 42.2. The first-order valence-corrected chi connectivity index (χ1v) is 26.4. The van der Waals surface area contributed by atoms with Crippen molar-refractivity contribution >= 4 is 27.8 Å². The molecule has 4 aliphatic rings. The van der Waals surface area contributed by atoms with Crippen molar-refractivity contribution < 1.29 is 0 Å². The van der Waals surface area contributed by atoms with Gasteiger partial charge in [-0.1, -0.05) is 244 Å². The molecule has 0 bridgehead atoms. The van der Waals surface area contributed by atoms with Crippen LogP contribution in [0.5, 0.6) is 0 Å². The molecule has 1 heteroatoms. The summed E-state index contributed by atoms with van der Waals surface area (Å²) in [4.78, 5) is 2.56. The molecule has 4 aliphatic carbocycles. The Morgan fingerprint density at radius 2 is 0.808 bits per heavy atom. The van der Waals surface area contributed by atoms with Gasteiger partial charge in [0.05, 0.1) is 16.5 Å². The lowest BCUT2D eigenvalue weighted by atomic mass is 9.61. The van der Waals surface area contributed by atoms with Crippen LogP contribution in [0.2, 0.25) is 0 Å². The van der Waals surface area contributed by atoms with Crippen molar-refractivity contribution in [3.8, 4) is 44.5 Å². The summed E-state index contributed by atoms with van der Waals surface area (Å²) in [7, 11) is 0. The predicted octanol–water partition coefficient (Wildman–Crippen LogP) is 18.7. The van der Waals surface area contributed by atoms with Crippen LogP contribution in [0, 0.1) is 0 Å². The Labute approximate surface area is 428 Å². The molecular weight excluding hydrogens is 879 g/mol. The lowest BCUT2D eigenvalue weighted by Gasteiger charge is -2.41. The van der Waals surface area contributed by atoms with E-state index in [1.807, 2.05) is 0 Å². The fraction of sp³-hybridized carbons (Fsp3) is 0.111. The maximum Gasteiger partial charge on any atom is 0.0726 e. The maximum absolute atomic E-state index is 2.61. The largest absolute Gasteiger partial charge is 0.310 e. The first-order chi connectivity index (χ1) is 36.2. The van der Waals surface area contributed by atoms with E-state index >= 15 is 0 Å². The van der Waals surface area contributed by atoms with E-state index in [1.165, 1.54) is 137 Å². The van der Waals surface area contributed by atoms with Crippen LogP contribution < -0.4 is 4.90 Å². The number of hydrogen-bond acceptors (Lipinski definition) is 1. The monoisotopic (exact) mass is 931 g/mol. The summed E-state index contributed by atoms with van der Waals surface area (Å²) in [5.41, 5.74) is 24.6. The van der Waals surface area contributed by atoms with Crippen molar-refractivity contribution in [2.75, 3.05) is 4.90 Å². The summed E-state index contributed by atoms with van der Waals surface area (Å²) in [6, 6.07) is 97.1. The molecule has 0 aliphatic heterocycles. The third-order valence-corrected chi connectivity index (χ3v) is 17.3. The van der Waals surface area contributed by atoms with Gasteiger partial charge >= 0.3 is 0 Å². The highest BCUT2D eigenvalue weighted by Gasteiger charge is 2.51. The fourth-order valence-electron chi connectivity index (χ4n) is 14.3. The zero-order chi connectivity index (χ0) is 48.1. The minimum atomic E-state index is -0.559. The van der Waals surface area contributed by atoms with Gasteiger partial charge in [-0.15, -0.1) is 0 Å². The second kappa shape index (κ2) is 16.5. The predicted molar refractivity (Wildman–Crippen MR) is 303 cm³/mol. The van der Waals surface area contributed by atoms with Gasteiger partial charge in [-0.2, -0.15) is 0 Å². The van der Waals surface area contributed by atoms with E-state index < -0.39 is 10.8 Å². The maximum atomic E-state index is 2.61. The average Bonchev–Trinajstić information content (AvgIpc) is 3.93. The number of benzene rings is 11. The van der Waals surface area contributed by atoms with Crippen LogP contribution in [0.4, 0.5) is 17.1 Å². The third kappa shape index (κ3) is 6.03. The number of para-hydroxylation sites is 1. The second-order valence-corrected chi connectivity index (χ2v) is 20.9. The molecule has 0 aromatic heterocycles. The molecule has 15 rings (SSSR count). The van der Waals surface area contributed by atoms with Gasteiger partial charge in [0, 0.05) is 16.9 Å². The van der Waals surface area contributed by atoms with Crippen LogP contribution in [0.15, 0.2) is 255 Å². The van der Waals surface area contributed by atoms with Gasteiger partial charge in [0.25, 0.3) is 0 Å². The lowest BCUT2D eigenvalue weighted by molar-refractivity contribution is 0.443. The van der Waals surface area contributed by atoms with Crippen molar-refractivity contribution in [1.82, 2.24) is 0 Å². The van der Waals surface area contributed by atoms with E-state index in [4.69, 9.17) is 0 Å². The van der Waals surface area contributed by atoms with Crippen LogP contribution >= 0.6 is 0 Å². The van der Waals surface area contributed by atoms with Crippen LogP contribution in [0.1, 0.15) is 88.1 Å². The molecule has 1 spiro atoms. The van der Waals surface area contributed by atoms with Gasteiger partial charge in [0.1, 0.15) is 0 Å². The smallest absolute Gasteiger partial charge is 0.0726 e. The van der Waals surface area contributed by atoms with Crippen LogP contribution in [0.25, 0.3) is 55.3 Å². The number of nitrogens with zero attached hydrogens (tertiary/aromatic N) is 1. The Balaban J connectivity index is 1.02. The Hall–Kier alpha value is -8.52. The minimum absolute atomic E-state index is 0.549. The van der Waals surface area contributed by atoms with Crippen LogP contribution in [-0.4, -0.2) is 0 Å². The standard InChI is InChI=1S/C72H53N/c1-5-21-48(22-6-1)51-39-44-65-62(45-51)61-34-19-25-50-26-20-37-66(70(50)61)72(65)64-36-17-14-33-58(64)60-43-41-55(47-68(60)72)73(69-38-18-15-31-56(69)49-23-7-2-8-24-49)54-40-42-59-57-32-13-16-35-63(57)71(67(59)46-54,52-27-9-3-10-28-52)53-29-11-4-12-30-53/h2-4,7-20,23-48H,1,5-6,21-22H2. The molecule has 1 unspecified atom stereocenters. The van der Waals surface area contributed by atoms with Gasteiger partial charge in [-0.05, 0) is 149 Å². The third-order valence-electron chi connectivity index (χ3n) is 17.3. The quantitative estimate of drug-likeness (QED) is 0.154. The molecule has 0 saturated heterocycles. The zero-order valence-corrected chi connectivity index (χ0v) is 40.8. The van der Waals surface area contributed by atoms with E-state index in [2.05, 4.69) is 260 Å². The second-order valence-electron chi connectivity index (χ2n) is 20.9. The molecule has 1 atom stereocenters. The summed E-state index contributed by atoms with van der Waals surface area (Å²) in [5.74, 6) is 0.599. The molecule has 0 radical (unpaired) electrons. The van der Waals surface area contributed by atoms with Crippen molar-refractivity contribution in [2.24, 2.45) is 0 Å². The first-order valence-electron chi connectivity index (χ1n) is 26.4. The molecule has 1 saturated carbocycles. The number of anilines is 3. The summed E-state index contributed by atoms with van der Waals surface area (Å²) >= 11 is 0. The SMILES string of the molecule is c1ccc(-c2ccccc2N(c2ccc3c(c2)C(c2ccccc2)(c2ccccc2)c2ccccc2-3)c2ccc3c(c2)C2(c4ccccc4-3)c3ccc(C4CCCCC4)cc3-c3cccc4cccc2c34)cc1. The van der Waals surface area contributed by atoms with Gasteiger partial charge in [0.2, 0.25) is 0 Å². The van der Waals surface area contributed by atoms with E-state index in [9.17, 15) is 0 Å². The molecule has 1 fully saturated rings. The van der Waals surface area contributed by atoms with Crippen molar-refractivity contribution in [3.05, 3.63) is 305 Å². The highest BCUT2D eigenvalue weighted by atomic mass is 15.1. The summed E-state index contributed by atoms with van der Waals surface area (Å²) in [5, 5.41) is 2.66. The fourth-order valence-corrected chi connectivity index (χ4v) is 14.3.